The second kappa shape index (κ2) is 9.84. The van der Waals surface area contributed by atoms with Gasteiger partial charge >= 0.3 is 5.97 Å². The smallest absolute Gasteiger partial charge is 0.338 e. The van der Waals surface area contributed by atoms with Gasteiger partial charge in [0.05, 0.1) is 34.4 Å². The van der Waals surface area contributed by atoms with Crippen molar-refractivity contribution < 1.29 is 19.4 Å². The predicted octanol–water partition coefficient (Wildman–Crippen LogP) is 2.29. The van der Waals surface area contributed by atoms with Crippen molar-refractivity contribution >= 4 is 29.4 Å². The van der Waals surface area contributed by atoms with Crippen LogP contribution in [0.1, 0.15) is 66.7 Å². The Morgan fingerprint density at radius 2 is 1.80 bits per heavy atom. The fraction of sp³-hybridized carbons (Fsp3) is 0.259. The van der Waals surface area contributed by atoms with Gasteiger partial charge in [-0.05, 0) is 48.1 Å². The van der Waals surface area contributed by atoms with E-state index in [9.17, 15) is 19.5 Å². The highest BCUT2D eigenvalue weighted by Gasteiger charge is 2.33. The second-order valence-corrected chi connectivity index (χ2v) is 9.54. The molecule has 0 saturated heterocycles. The summed E-state index contributed by atoms with van der Waals surface area (Å²) in [7, 11) is 0. The summed E-state index contributed by atoms with van der Waals surface area (Å²) in [5.41, 5.74) is 3.22. The molecule has 0 radical (unpaired) electrons. The summed E-state index contributed by atoms with van der Waals surface area (Å²) in [5.74, 6) is -1.42. The number of carbonyl (C=O) groups is 2. The fourth-order valence-corrected chi connectivity index (χ4v) is 5.08. The third-order valence-corrected chi connectivity index (χ3v) is 6.86. The summed E-state index contributed by atoms with van der Waals surface area (Å²) in [5, 5.41) is 11.0. The first-order valence-corrected chi connectivity index (χ1v) is 12.1. The van der Waals surface area contributed by atoms with Crippen molar-refractivity contribution in [3.63, 3.8) is 0 Å². The third-order valence-electron chi connectivity index (χ3n) is 5.88. The van der Waals surface area contributed by atoms with Crippen LogP contribution in [0, 0.1) is 0 Å². The van der Waals surface area contributed by atoms with Crippen LogP contribution in [0.3, 0.4) is 0 Å². The van der Waals surface area contributed by atoms with Gasteiger partial charge in [-0.1, -0.05) is 73.7 Å². The van der Waals surface area contributed by atoms with Gasteiger partial charge in [-0.2, -0.15) is 0 Å². The molecular weight excluding hydrogens is 464 g/mol. The highest BCUT2D eigenvalue weighted by atomic mass is 32.1. The SMILES string of the molecule is CCOC(=O)C1=C(C)N=c2s/c(=C\c3ccc(C(=O)[O-])cc3)c(=O)n2[C@H]1c1ccc(C(C)C)cc1. The average molecular weight is 490 g/mol. The molecule has 0 unspecified atom stereocenters. The van der Waals surface area contributed by atoms with Gasteiger partial charge in [-0.15, -0.1) is 0 Å². The molecule has 3 aromatic rings. The molecule has 0 N–H and O–H groups in total. The Balaban J connectivity index is 1.89. The fourth-order valence-electron chi connectivity index (χ4n) is 4.04. The average Bonchev–Trinajstić information content (AvgIpc) is 3.13. The van der Waals surface area contributed by atoms with Gasteiger partial charge in [-0.25, -0.2) is 9.79 Å². The van der Waals surface area contributed by atoms with Crippen LogP contribution < -0.4 is 20.0 Å². The van der Waals surface area contributed by atoms with E-state index in [4.69, 9.17) is 4.74 Å². The number of thiazole rings is 1. The number of carboxylic acids is 1. The van der Waals surface area contributed by atoms with Crippen LogP contribution >= 0.6 is 11.3 Å². The number of fused-ring (bicyclic) bond motifs is 1. The summed E-state index contributed by atoms with van der Waals surface area (Å²) in [6.45, 7) is 7.90. The van der Waals surface area contributed by atoms with E-state index in [1.165, 1.54) is 28.0 Å². The van der Waals surface area contributed by atoms with Gasteiger partial charge in [0.25, 0.3) is 5.56 Å². The van der Waals surface area contributed by atoms with Crippen molar-refractivity contribution in [1.29, 1.82) is 0 Å². The van der Waals surface area contributed by atoms with E-state index in [0.717, 1.165) is 11.1 Å². The molecular formula is C27H25N2O5S-. The molecule has 0 aliphatic carbocycles. The van der Waals surface area contributed by atoms with Crippen molar-refractivity contribution in [1.82, 2.24) is 4.57 Å². The number of carboxylic acid groups (broad SMARTS) is 1. The summed E-state index contributed by atoms with van der Waals surface area (Å²) in [6.07, 6.45) is 1.69. The van der Waals surface area contributed by atoms with Crippen molar-refractivity contribution in [2.45, 2.75) is 39.7 Å². The van der Waals surface area contributed by atoms with Gasteiger partial charge in [0.2, 0.25) is 0 Å². The lowest BCUT2D eigenvalue weighted by atomic mass is 9.93. The molecule has 8 heteroatoms. The van der Waals surface area contributed by atoms with E-state index < -0.39 is 18.0 Å². The number of benzene rings is 2. The maximum absolute atomic E-state index is 13.6. The number of hydrogen-bond donors (Lipinski definition) is 0. The lowest BCUT2D eigenvalue weighted by Crippen LogP contribution is -2.39. The largest absolute Gasteiger partial charge is 0.545 e. The number of allylic oxidation sites excluding steroid dienone is 1. The van der Waals surface area contributed by atoms with Crippen LogP contribution in [-0.4, -0.2) is 23.1 Å². The molecule has 7 nitrogen and oxygen atoms in total. The van der Waals surface area contributed by atoms with Gasteiger partial charge in [0.1, 0.15) is 0 Å². The molecule has 1 aliphatic heterocycles. The number of aromatic nitrogens is 1. The minimum Gasteiger partial charge on any atom is -0.545 e. The van der Waals surface area contributed by atoms with Crippen molar-refractivity contribution in [2.24, 2.45) is 4.99 Å². The molecule has 1 aliphatic rings. The van der Waals surface area contributed by atoms with Crippen LogP contribution in [0.4, 0.5) is 0 Å². The Bertz CT molecular complexity index is 1490. The van der Waals surface area contributed by atoms with Gasteiger partial charge in [-0.3, -0.25) is 9.36 Å². The van der Waals surface area contributed by atoms with E-state index in [2.05, 4.69) is 18.8 Å². The molecule has 180 valence electrons. The number of hydrogen-bond acceptors (Lipinski definition) is 7. The number of aromatic carboxylic acids is 1. The normalized spacial score (nSPS) is 15.7. The highest BCUT2D eigenvalue weighted by molar-refractivity contribution is 7.07. The zero-order valence-corrected chi connectivity index (χ0v) is 20.7. The van der Waals surface area contributed by atoms with Crippen LogP contribution in [0.25, 0.3) is 6.08 Å². The summed E-state index contributed by atoms with van der Waals surface area (Å²) >= 11 is 1.22. The molecule has 0 saturated carbocycles. The summed E-state index contributed by atoms with van der Waals surface area (Å²) in [4.78, 5) is 42.6. The Morgan fingerprint density at radius 1 is 1.14 bits per heavy atom. The molecule has 1 atom stereocenters. The third kappa shape index (κ3) is 4.74. The predicted molar refractivity (Wildman–Crippen MR) is 132 cm³/mol. The molecule has 0 spiro atoms. The lowest BCUT2D eigenvalue weighted by molar-refractivity contribution is -0.255. The van der Waals surface area contributed by atoms with Crippen molar-refractivity contribution in [2.75, 3.05) is 6.61 Å². The molecule has 4 rings (SSSR count). The standard InChI is InChI=1S/C27H26N2O5S/c1-5-34-26(33)22-16(4)28-27-29(23(22)19-12-10-18(11-13-19)15(2)3)24(30)21(35-27)14-17-6-8-20(9-7-17)25(31)32/h6-15,23H,5H2,1-4H3,(H,31,32)/p-1/b21-14-/t23-/m0/s1. The van der Waals surface area contributed by atoms with Crippen LogP contribution in [0.2, 0.25) is 0 Å². The van der Waals surface area contributed by atoms with Gasteiger partial charge in [0.15, 0.2) is 4.80 Å². The Hall–Kier alpha value is -3.78. The second-order valence-electron chi connectivity index (χ2n) is 8.53. The first-order chi connectivity index (χ1) is 16.7. The monoisotopic (exact) mass is 489 g/mol. The molecule has 0 amide bonds. The molecule has 0 fully saturated rings. The number of carbonyl (C=O) groups excluding carboxylic acids is 2. The number of esters is 1. The van der Waals surface area contributed by atoms with Crippen LogP contribution in [0.15, 0.2) is 69.6 Å². The Kier molecular flexibility index (Phi) is 6.84. The highest BCUT2D eigenvalue weighted by Crippen LogP contribution is 2.31. The summed E-state index contributed by atoms with van der Waals surface area (Å²) < 4.78 is 7.28. The van der Waals surface area contributed by atoms with E-state index in [0.29, 0.717) is 32.1 Å². The van der Waals surface area contributed by atoms with E-state index in [1.807, 2.05) is 24.3 Å². The Morgan fingerprint density at radius 3 is 2.37 bits per heavy atom. The van der Waals surface area contributed by atoms with Crippen LogP contribution in [-0.2, 0) is 9.53 Å². The lowest BCUT2D eigenvalue weighted by Gasteiger charge is -2.25. The van der Waals surface area contributed by atoms with Gasteiger partial charge in [0, 0.05) is 0 Å². The first-order valence-electron chi connectivity index (χ1n) is 11.3. The number of ether oxygens (including phenoxy) is 1. The van der Waals surface area contributed by atoms with Gasteiger partial charge < -0.3 is 14.6 Å². The molecule has 35 heavy (non-hydrogen) atoms. The van der Waals surface area contributed by atoms with E-state index in [-0.39, 0.29) is 17.7 Å². The van der Waals surface area contributed by atoms with Crippen molar-refractivity contribution in [3.8, 4) is 0 Å². The first kappa shape index (κ1) is 24.3. The molecule has 2 aromatic carbocycles. The minimum atomic E-state index is -1.26. The topological polar surface area (TPSA) is 101 Å². The Labute approximate surface area is 206 Å². The molecule has 1 aromatic heterocycles. The minimum absolute atomic E-state index is 0.0585. The quantitative estimate of drug-likeness (QED) is 0.495. The summed E-state index contributed by atoms with van der Waals surface area (Å²) in [6, 6.07) is 13.3. The maximum Gasteiger partial charge on any atom is 0.338 e. The number of nitrogens with zero attached hydrogens (tertiary/aromatic N) is 2. The van der Waals surface area contributed by atoms with E-state index in [1.54, 1.807) is 32.1 Å². The van der Waals surface area contributed by atoms with Crippen molar-refractivity contribution in [3.05, 3.63) is 102 Å². The zero-order valence-electron chi connectivity index (χ0n) is 19.9. The maximum atomic E-state index is 13.6. The molecule has 0 bridgehead atoms. The van der Waals surface area contributed by atoms with E-state index >= 15 is 0 Å². The molecule has 2 heterocycles. The van der Waals surface area contributed by atoms with Crippen LogP contribution in [0.5, 0.6) is 0 Å². The zero-order chi connectivity index (χ0) is 25.3. The number of rotatable bonds is 6.